The molecular weight excluding hydrogens is 232 g/mol. The maximum Gasteiger partial charge on any atom is 0.332 e. The van der Waals surface area contributed by atoms with Crippen LogP contribution in [-0.4, -0.2) is 24.5 Å². The second-order valence-electron chi connectivity index (χ2n) is 3.99. The molecule has 1 aromatic rings. The van der Waals surface area contributed by atoms with Crippen LogP contribution in [0.15, 0.2) is 18.2 Å². The van der Waals surface area contributed by atoms with Crippen molar-refractivity contribution in [2.45, 2.75) is 26.8 Å². The SMILES string of the molecule is CCOC(=O)C(N)C(=O)Nc1c(C)cccc1C. The summed E-state index contributed by atoms with van der Waals surface area (Å²) in [6.45, 7) is 5.61. The van der Waals surface area contributed by atoms with Crippen molar-refractivity contribution in [2.24, 2.45) is 5.73 Å². The monoisotopic (exact) mass is 250 g/mol. The van der Waals surface area contributed by atoms with Gasteiger partial charge in [-0.05, 0) is 31.9 Å². The Morgan fingerprint density at radius 2 is 1.89 bits per heavy atom. The van der Waals surface area contributed by atoms with Gasteiger partial charge in [0.1, 0.15) is 0 Å². The number of ether oxygens (including phenoxy) is 1. The molecule has 0 fully saturated rings. The zero-order valence-electron chi connectivity index (χ0n) is 10.8. The molecule has 5 nitrogen and oxygen atoms in total. The first-order chi connectivity index (χ1) is 8.47. The number of amides is 1. The number of para-hydroxylation sites is 1. The molecular formula is C13H18N2O3. The molecule has 0 spiro atoms. The fourth-order valence-electron chi connectivity index (χ4n) is 1.55. The number of anilines is 1. The van der Waals surface area contributed by atoms with E-state index >= 15 is 0 Å². The molecule has 0 saturated heterocycles. The highest BCUT2D eigenvalue weighted by atomic mass is 16.5. The zero-order valence-corrected chi connectivity index (χ0v) is 10.8. The average Bonchev–Trinajstić information content (AvgIpc) is 2.33. The highest BCUT2D eigenvalue weighted by Crippen LogP contribution is 2.19. The maximum atomic E-state index is 11.8. The number of carbonyl (C=O) groups is 2. The fourth-order valence-corrected chi connectivity index (χ4v) is 1.55. The summed E-state index contributed by atoms with van der Waals surface area (Å²) in [6, 6.07) is 4.34. The molecule has 0 bridgehead atoms. The van der Waals surface area contributed by atoms with Crippen LogP contribution in [0.4, 0.5) is 5.69 Å². The van der Waals surface area contributed by atoms with E-state index < -0.39 is 17.9 Å². The number of nitrogens with one attached hydrogen (secondary N) is 1. The lowest BCUT2D eigenvalue weighted by Gasteiger charge is -2.14. The van der Waals surface area contributed by atoms with E-state index in [-0.39, 0.29) is 6.61 Å². The van der Waals surface area contributed by atoms with Gasteiger partial charge >= 0.3 is 5.97 Å². The molecule has 0 aliphatic heterocycles. The van der Waals surface area contributed by atoms with Crippen LogP contribution in [0.2, 0.25) is 0 Å². The molecule has 1 aromatic carbocycles. The van der Waals surface area contributed by atoms with Crippen molar-refractivity contribution in [3.8, 4) is 0 Å². The van der Waals surface area contributed by atoms with Gasteiger partial charge in [0.05, 0.1) is 6.61 Å². The third-order valence-corrected chi connectivity index (χ3v) is 2.55. The van der Waals surface area contributed by atoms with Gasteiger partial charge in [0.2, 0.25) is 0 Å². The molecule has 0 aliphatic carbocycles. The minimum absolute atomic E-state index is 0.198. The van der Waals surface area contributed by atoms with Crippen molar-refractivity contribution >= 4 is 17.6 Å². The molecule has 0 aromatic heterocycles. The number of benzene rings is 1. The van der Waals surface area contributed by atoms with Gasteiger partial charge in [-0.25, -0.2) is 4.79 Å². The Balaban J connectivity index is 2.79. The van der Waals surface area contributed by atoms with E-state index in [1.807, 2.05) is 32.0 Å². The van der Waals surface area contributed by atoms with Gasteiger partial charge in [-0.15, -0.1) is 0 Å². The van der Waals surface area contributed by atoms with E-state index in [0.717, 1.165) is 11.1 Å². The van der Waals surface area contributed by atoms with Crippen molar-refractivity contribution in [3.05, 3.63) is 29.3 Å². The summed E-state index contributed by atoms with van der Waals surface area (Å²) in [4.78, 5) is 23.1. The number of rotatable bonds is 4. The van der Waals surface area contributed by atoms with Crippen molar-refractivity contribution in [3.63, 3.8) is 0 Å². The molecule has 18 heavy (non-hydrogen) atoms. The molecule has 1 unspecified atom stereocenters. The summed E-state index contributed by atoms with van der Waals surface area (Å²) in [5, 5.41) is 2.65. The van der Waals surface area contributed by atoms with Crippen molar-refractivity contribution in [1.82, 2.24) is 0 Å². The van der Waals surface area contributed by atoms with Crippen LogP contribution in [0.1, 0.15) is 18.1 Å². The van der Waals surface area contributed by atoms with Gasteiger partial charge in [0, 0.05) is 5.69 Å². The molecule has 0 aliphatic rings. The van der Waals surface area contributed by atoms with E-state index in [4.69, 9.17) is 10.5 Å². The minimum Gasteiger partial charge on any atom is -0.464 e. The van der Waals surface area contributed by atoms with E-state index in [9.17, 15) is 9.59 Å². The number of carbonyl (C=O) groups excluding carboxylic acids is 2. The zero-order chi connectivity index (χ0) is 13.7. The molecule has 1 atom stereocenters. The number of esters is 1. The summed E-state index contributed by atoms with van der Waals surface area (Å²) in [7, 11) is 0. The molecule has 5 heteroatoms. The van der Waals surface area contributed by atoms with Crippen LogP contribution in [0, 0.1) is 13.8 Å². The van der Waals surface area contributed by atoms with E-state index in [0.29, 0.717) is 5.69 Å². The van der Waals surface area contributed by atoms with E-state index in [1.54, 1.807) is 6.92 Å². The summed E-state index contributed by atoms with van der Waals surface area (Å²) in [5.41, 5.74) is 8.02. The van der Waals surface area contributed by atoms with Crippen molar-refractivity contribution in [1.29, 1.82) is 0 Å². The van der Waals surface area contributed by atoms with Gasteiger partial charge in [-0.2, -0.15) is 0 Å². The predicted molar refractivity (Wildman–Crippen MR) is 69.2 cm³/mol. The second-order valence-corrected chi connectivity index (χ2v) is 3.99. The topological polar surface area (TPSA) is 81.4 Å². The first-order valence-electron chi connectivity index (χ1n) is 5.76. The third kappa shape index (κ3) is 3.30. The summed E-state index contributed by atoms with van der Waals surface area (Å²) < 4.78 is 4.70. The molecule has 0 saturated carbocycles. The van der Waals surface area contributed by atoms with Gasteiger partial charge in [-0.3, -0.25) is 4.79 Å². The van der Waals surface area contributed by atoms with Crippen LogP contribution < -0.4 is 11.1 Å². The fraction of sp³-hybridized carbons (Fsp3) is 0.385. The number of nitrogens with two attached hydrogens (primary N) is 1. The normalized spacial score (nSPS) is 11.8. The molecule has 3 N–H and O–H groups in total. The Kier molecular flexibility index (Phi) is 4.85. The van der Waals surface area contributed by atoms with Crippen LogP contribution in [0.5, 0.6) is 0 Å². The van der Waals surface area contributed by atoms with Crippen molar-refractivity contribution in [2.75, 3.05) is 11.9 Å². The first kappa shape index (κ1) is 14.2. The Morgan fingerprint density at radius 3 is 2.39 bits per heavy atom. The average molecular weight is 250 g/mol. The molecule has 1 rings (SSSR count). The summed E-state index contributed by atoms with van der Waals surface area (Å²) >= 11 is 0. The quantitative estimate of drug-likeness (QED) is 0.620. The third-order valence-electron chi connectivity index (χ3n) is 2.55. The molecule has 0 radical (unpaired) electrons. The van der Waals surface area contributed by atoms with Crippen molar-refractivity contribution < 1.29 is 14.3 Å². The van der Waals surface area contributed by atoms with Gasteiger partial charge in [0.15, 0.2) is 6.04 Å². The number of hydrogen-bond acceptors (Lipinski definition) is 4. The van der Waals surface area contributed by atoms with E-state index in [2.05, 4.69) is 5.32 Å². The van der Waals surface area contributed by atoms with Crippen LogP contribution in [0.25, 0.3) is 0 Å². The van der Waals surface area contributed by atoms with Crippen LogP contribution in [0.3, 0.4) is 0 Å². The lowest BCUT2D eigenvalue weighted by atomic mass is 10.1. The molecule has 0 heterocycles. The Labute approximate surface area is 106 Å². The summed E-state index contributed by atoms with van der Waals surface area (Å²) in [6.07, 6.45) is 0. The largest absolute Gasteiger partial charge is 0.464 e. The van der Waals surface area contributed by atoms with Gasteiger partial charge < -0.3 is 15.8 Å². The first-order valence-corrected chi connectivity index (χ1v) is 5.76. The van der Waals surface area contributed by atoms with Crippen LogP contribution >= 0.6 is 0 Å². The smallest absolute Gasteiger partial charge is 0.332 e. The van der Waals surface area contributed by atoms with Crippen LogP contribution in [-0.2, 0) is 14.3 Å². The van der Waals surface area contributed by atoms with Gasteiger partial charge in [-0.1, -0.05) is 18.2 Å². The lowest BCUT2D eigenvalue weighted by molar-refractivity contribution is -0.146. The number of aryl methyl sites for hydroxylation is 2. The molecule has 98 valence electrons. The summed E-state index contributed by atoms with van der Waals surface area (Å²) in [5.74, 6) is -1.29. The predicted octanol–water partition coefficient (Wildman–Crippen LogP) is 1.13. The van der Waals surface area contributed by atoms with Gasteiger partial charge in [0.25, 0.3) is 5.91 Å². The number of hydrogen-bond donors (Lipinski definition) is 2. The standard InChI is InChI=1S/C13H18N2O3/c1-4-18-13(17)10(14)12(16)15-11-8(2)6-5-7-9(11)3/h5-7,10H,4,14H2,1-3H3,(H,15,16). The highest BCUT2D eigenvalue weighted by molar-refractivity contribution is 6.08. The maximum absolute atomic E-state index is 11.8. The lowest BCUT2D eigenvalue weighted by Crippen LogP contribution is -2.43. The Bertz CT molecular complexity index is 437. The Morgan fingerprint density at radius 1 is 1.33 bits per heavy atom. The van der Waals surface area contributed by atoms with E-state index in [1.165, 1.54) is 0 Å². The second kappa shape index (κ2) is 6.16. The minimum atomic E-state index is -1.30. The molecule has 1 amide bonds. The Hall–Kier alpha value is -1.88. The highest BCUT2D eigenvalue weighted by Gasteiger charge is 2.24.